The molecular weight excluding hydrogens is 194 g/mol. The van der Waals surface area contributed by atoms with Gasteiger partial charge in [-0.3, -0.25) is 0 Å². The van der Waals surface area contributed by atoms with Crippen molar-refractivity contribution in [2.24, 2.45) is 0 Å². The predicted octanol–water partition coefficient (Wildman–Crippen LogP) is 0.939. The number of nitrogens with zero attached hydrogens (tertiary/aromatic N) is 1. The van der Waals surface area contributed by atoms with Gasteiger partial charge in [0, 0.05) is 11.5 Å². The third kappa shape index (κ3) is 2.68. The number of thiazole rings is 1. The number of hydrogen-bond donors (Lipinski definition) is 2. The summed E-state index contributed by atoms with van der Waals surface area (Å²) in [6, 6.07) is 0. The van der Waals surface area contributed by atoms with Gasteiger partial charge in [0.2, 0.25) is 0 Å². The molecule has 1 heterocycles. The number of aliphatic carboxylic acids is 1. The Bertz CT molecular complexity index is 368. The monoisotopic (exact) mass is 199 g/mol. The van der Waals surface area contributed by atoms with Crippen molar-refractivity contribution in [2.45, 2.75) is 0 Å². The van der Waals surface area contributed by atoms with E-state index in [1.165, 1.54) is 11.5 Å². The summed E-state index contributed by atoms with van der Waals surface area (Å²) in [5.41, 5.74) is -0.0740. The molecule has 2 N–H and O–H groups in total. The van der Waals surface area contributed by atoms with Crippen LogP contribution >= 0.6 is 11.3 Å². The summed E-state index contributed by atoms with van der Waals surface area (Å²) in [4.78, 5) is 24.1. The van der Waals surface area contributed by atoms with Crippen LogP contribution in [0.4, 0.5) is 0 Å². The summed E-state index contributed by atoms with van der Waals surface area (Å²) in [6.45, 7) is 0. The fraction of sp³-hybridized carbons (Fsp3) is 0. The van der Waals surface area contributed by atoms with Crippen molar-refractivity contribution >= 4 is 29.4 Å². The van der Waals surface area contributed by atoms with Crippen molar-refractivity contribution in [2.75, 3.05) is 0 Å². The van der Waals surface area contributed by atoms with Crippen LogP contribution in [0.3, 0.4) is 0 Å². The zero-order valence-electron chi connectivity index (χ0n) is 6.30. The number of rotatable bonds is 3. The maximum Gasteiger partial charge on any atom is 0.355 e. The molecule has 0 aliphatic rings. The highest BCUT2D eigenvalue weighted by molar-refractivity contribution is 7.10. The van der Waals surface area contributed by atoms with E-state index in [0.717, 1.165) is 17.4 Å². The molecule has 6 heteroatoms. The zero-order chi connectivity index (χ0) is 9.84. The van der Waals surface area contributed by atoms with Gasteiger partial charge in [-0.05, 0) is 6.08 Å². The van der Waals surface area contributed by atoms with Crippen molar-refractivity contribution in [3.05, 3.63) is 22.2 Å². The van der Waals surface area contributed by atoms with Gasteiger partial charge in [0.15, 0.2) is 5.69 Å². The van der Waals surface area contributed by atoms with Crippen LogP contribution in [0.1, 0.15) is 15.5 Å². The van der Waals surface area contributed by atoms with Crippen LogP contribution < -0.4 is 0 Å². The Labute approximate surface area is 77.0 Å². The highest BCUT2D eigenvalue weighted by atomic mass is 32.1. The van der Waals surface area contributed by atoms with Crippen LogP contribution in [0.5, 0.6) is 0 Å². The molecule has 0 aliphatic heterocycles. The lowest BCUT2D eigenvalue weighted by atomic mass is 10.5. The molecule has 0 aromatic carbocycles. The van der Waals surface area contributed by atoms with Crippen LogP contribution in [0.2, 0.25) is 0 Å². The summed E-state index contributed by atoms with van der Waals surface area (Å²) < 4.78 is 0. The van der Waals surface area contributed by atoms with Gasteiger partial charge in [0.25, 0.3) is 0 Å². The van der Waals surface area contributed by atoms with E-state index in [0.29, 0.717) is 5.01 Å². The lowest BCUT2D eigenvalue weighted by Crippen LogP contribution is -1.95. The minimum Gasteiger partial charge on any atom is -0.478 e. The largest absolute Gasteiger partial charge is 0.478 e. The van der Waals surface area contributed by atoms with Crippen LogP contribution in [0.25, 0.3) is 6.08 Å². The van der Waals surface area contributed by atoms with Crippen molar-refractivity contribution in [3.8, 4) is 0 Å². The van der Waals surface area contributed by atoms with Gasteiger partial charge >= 0.3 is 11.9 Å². The standard InChI is InChI=1S/C7H5NO4S/c9-6(10)2-1-5-8-4(3-13-5)7(11)12/h1-3H,(H,9,10)(H,11,12). The van der Waals surface area contributed by atoms with Gasteiger partial charge in [0.1, 0.15) is 5.01 Å². The summed E-state index contributed by atoms with van der Waals surface area (Å²) in [5, 5.41) is 18.5. The topological polar surface area (TPSA) is 87.5 Å². The molecule has 0 amide bonds. The predicted molar refractivity (Wildman–Crippen MR) is 45.7 cm³/mol. The van der Waals surface area contributed by atoms with Crippen molar-refractivity contribution < 1.29 is 19.8 Å². The molecule has 1 rings (SSSR count). The molecule has 0 radical (unpaired) electrons. The molecular formula is C7H5NO4S. The van der Waals surface area contributed by atoms with E-state index >= 15 is 0 Å². The highest BCUT2D eigenvalue weighted by Crippen LogP contribution is 2.10. The van der Waals surface area contributed by atoms with Crippen LogP contribution in [-0.4, -0.2) is 27.1 Å². The fourth-order valence-corrected chi connectivity index (χ4v) is 1.29. The summed E-state index contributed by atoms with van der Waals surface area (Å²) >= 11 is 1.08. The van der Waals surface area contributed by atoms with Gasteiger partial charge in [-0.1, -0.05) is 0 Å². The van der Waals surface area contributed by atoms with Crippen LogP contribution in [0.15, 0.2) is 11.5 Å². The summed E-state index contributed by atoms with van der Waals surface area (Å²) in [7, 11) is 0. The second kappa shape index (κ2) is 3.81. The number of carboxylic acids is 2. The first kappa shape index (κ1) is 9.40. The molecule has 13 heavy (non-hydrogen) atoms. The van der Waals surface area contributed by atoms with Crippen molar-refractivity contribution in [3.63, 3.8) is 0 Å². The molecule has 68 valence electrons. The Morgan fingerprint density at radius 3 is 2.62 bits per heavy atom. The maximum absolute atomic E-state index is 10.4. The van der Waals surface area contributed by atoms with Crippen molar-refractivity contribution in [1.82, 2.24) is 4.98 Å². The van der Waals surface area contributed by atoms with Crippen molar-refractivity contribution in [1.29, 1.82) is 0 Å². The van der Waals surface area contributed by atoms with E-state index in [4.69, 9.17) is 10.2 Å². The van der Waals surface area contributed by atoms with E-state index in [1.54, 1.807) is 0 Å². The van der Waals surface area contributed by atoms with Gasteiger partial charge in [-0.15, -0.1) is 11.3 Å². The van der Waals surface area contributed by atoms with Gasteiger partial charge in [-0.2, -0.15) is 0 Å². The molecule has 0 spiro atoms. The minimum absolute atomic E-state index is 0.0740. The Kier molecular flexibility index (Phi) is 2.76. The molecule has 0 aliphatic carbocycles. The molecule has 0 atom stereocenters. The SMILES string of the molecule is O=C(O)C=Cc1nc(C(=O)O)cs1. The first-order chi connectivity index (χ1) is 6.09. The smallest absolute Gasteiger partial charge is 0.355 e. The molecule has 1 aromatic rings. The second-order valence-corrected chi connectivity index (χ2v) is 2.94. The Hall–Kier alpha value is -1.69. The third-order valence-corrected chi connectivity index (χ3v) is 1.92. The van der Waals surface area contributed by atoms with Gasteiger partial charge in [-0.25, -0.2) is 14.6 Å². The number of aromatic carboxylic acids is 1. The molecule has 0 fully saturated rings. The van der Waals surface area contributed by atoms with E-state index in [1.807, 2.05) is 0 Å². The average molecular weight is 199 g/mol. The molecule has 0 saturated carbocycles. The third-order valence-electron chi connectivity index (χ3n) is 1.11. The van der Waals surface area contributed by atoms with E-state index < -0.39 is 11.9 Å². The first-order valence-corrected chi connectivity index (χ1v) is 4.07. The van der Waals surface area contributed by atoms with E-state index in [2.05, 4.69) is 4.98 Å². The van der Waals surface area contributed by atoms with Gasteiger partial charge < -0.3 is 10.2 Å². The Morgan fingerprint density at radius 1 is 1.46 bits per heavy atom. The van der Waals surface area contributed by atoms with E-state index in [-0.39, 0.29) is 5.69 Å². The lowest BCUT2D eigenvalue weighted by molar-refractivity contribution is -0.131. The average Bonchev–Trinajstić information content (AvgIpc) is 2.48. The molecule has 0 bridgehead atoms. The van der Waals surface area contributed by atoms with Crippen LogP contribution in [-0.2, 0) is 4.79 Å². The lowest BCUT2D eigenvalue weighted by Gasteiger charge is -1.81. The minimum atomic E-state index is -1.12. The fourth-order valence-electron chi connectivity index (χ4n) is 0.605. The van der Waals surface area contributed by atoms with Crippen LogP contribution in [0, 0.1) is 0 Å². The molecule has 1 aromatic heterocycles. The molecule has 0 saturated heterocycles. The Balaban J connectivity index is 2.80. The quantitative estimate of drug-likeness (QED) is 0.707. The number of hydrogen-bond acceptors (Lipinski definition) is 4. The summed E-state index contributed by atoms with van der Waals surface area (Å²) in [6.07, 6.45) is 2.16. The first-order valence-electron chi connectivity index (χ1n) is 3.19. The normalized spacial score (nSPS) is 10.5. The number of carboxylic acid groups (broad SMARTS) is 2. The second-order valence-electron chi connectivity index (χ2n) is 2.05. The maximum atomic E-state index is 10.4. The highest BCUT2D eigenvalue weighted by Gasteiger charge is 2.06. The summed E-state index contributed by atoms with van der Waals surface area (Å²) in [5.74, 6) is -2.21. The number of carbonyl (C=O) groups is 2. The molecule has 5 nitrogen and oxygen atoms in total. The molecule has 0 unspecified atom stereocenters. The Morgan fingerprint density at radius 2 is 2.15 bits per heavy atom. The van der Waals surface area contributed by atoms with E-state index in [9.17, 15) is 9.59 Å². The van der Waals surface area contributed by atoms with Gasteiger partial charge in [0.05, 0.1) is 0 Å². The number of aromatic nitrogens is 1. The zero-order valence-corrected chi connectivity index (χ0v) is 7.11.